The molecule has 1 aliphatic carbocycles. The number of halogens is 1. The summed E-state index contributed by atoms with van der Waals surface area (Å²) in [7, 11) is -4.85. The highest BCUT2D eigenvalue weighted by molar-refractivity contribution is 7.86. The van der Waals surface area contributed by atoms with Crippen LogP contribution in [0.5, 0.6) is 0 Å². The van der Waals surface area contributed by atoms with Crippen molar-refractivity contribution >= 4 is 21.8 Å². The Morgan fingerprint density at radius 1 is 1.47 bits per heavy atom. The van der Waals surface area contributed by atoms with Gasteiger partial charge in [-0.25, -0.2) is 0 Å². The van der Waals surface area contributed by atoms with Crippen LogP contribution in [-0.4, -0.2) is 25.3 Å². The van der Waals surface area contributed by atoms with Crippen molar-refractivity contribution in [2.24, 2.45) is 5.92 Å². The summed E-state index contributed by atoms with van der Waals surface area (Å²) >= 11 is 0. The van der Waals surface area contributed by atoms with Gasteiger partial charge < -0.3 is 5.32 Å². The average Bonchev–Trinajstić information content (AvgIpc) is 3.08. The first-order valence-electron chi connectivity index (χ1n) is 5.28. The number of hydrogen-bond acceptors (Lipinski definition) is 5. The van der Waals surface area contributed by atoms with E-state index in [-0.39, 0.29) is 12.1 Å². The number of benzene rings is 1. The van der Waals surface area contributed by atoms with E-state index in [2.05, 4.69) is 5.32 Å². The molecule has 2 rings (SSSR count). The molecule has 0 bridgehead atoms. The van der Waals surface area contributed by atoms with E-state index in [1.807, 2.05) is 0 Å². The van der Waals surface area contributed by atoms with Crippen molar-refractivity contribution in [2.45, 2.75) is 17.4 Å². The summed E-state index contributed by atoms with van der Waals surface area (Å²) in [6.07, 6.45) is 0.153. The number of carbonyl (C=O) groups is 1. The van der Waals surface area contributed by atoms with Crippen LogP contribution in [0.25, 0.3) is 0 Å². The minimum absolute atomic E-state index is 0.0812. The van der Waals surface area contributed by atoms with Gasteiger partial charge in [0.2, 0.25) is 11.9 Å². The molecular formula is C10H9FN2O5S. The van der Waals surface area contributed by atoms with E-state index < -0.39 is 37.9 Å². The molecule has 1 aliphatic rings. The molecule has 0 unspecified atom stereocenters. The second-order valence-electron chi connectivity index (χ2n) is 4.15. The molecule has 1 aromatic carbocycles. The Kier molecular flexibility index (Phi) is 3.23. The fourth-order valence-electron chi connectivity index (χ4n) is 1.66. The van der Waals surface area contributed by atoms with Crippen LogP contribution in [-0.2, 0) is 15.0 Å². The van der Waals surface area contributed by atoms with E-state index >= 15 is 0 Å². The third kappa shape index (κ3) is 3.05. The van der Waals surface area contributed by atoms with Gasteiger partial charge in [-0.15, -0.1) is 3.89 Å². The van der Waals surface area contributed by atoms with Crippen LogP contribution in [0.4, 0.5) is 9.57 Å². The Hall–Kier alpha value is -2.03. The highest BCUT2D eigenvalue weighted by atomic mass is 32.3. The van der Waals surface area contributed by atoms with Crippen molar-refractivity contribution in [2.75, 3.05) is 5.32 Å². The van der Waals surface area contributed by atoms with Gasteiger partial charge >= 0.3 is 10.2 Å². The lowest BCUT2D eigenvalue weighted by molar-refractivity contribution is -0.497. The normalized spacial score (nSPS) is 21.7. The van der Waals surface area contributed by atoms with E-state index in [1.54, 1.807) is 0 Å². The summed E-state index contributed by atoms with van der Waals surface area (Å²) in [4.78, 5) is 20.9. The molecule has 1 aromatic rings. The molecule has 0 saturated heterocycles. The van der Waals surface area contributed by atoms with Crippen LogP contribution < -0.4 is 5.32 Å². The Labute approximate surface area is 107 Å². The maximum atomic E-state index is 12.7. The zero-order chi connectivity index (χ0) is 14.2. The van der Waals surface area contributed by atoms with E-state index in [9.17, 15) is 27.2 Å². The summed E-state index contributed by atoms with van der Waals surface area (Å²) in [6.45, 7) is 0. The van der Waals surface area contributed by atoms with Crippen molar-refractivity contribution in [3.8, 4) is 0 Å². The van der Waals surface area contributed by atoms with Crippen molar-refractivity contribution < 1.29 is 22.0 Å². The average molecular weight is 288 g/mol. The Bertz CT molecular complexity index is 645. The van der Waals surface area contributed by atoms with Gasteiger partial charge in [-0.1, -0.05) is 6.07 Å². The predicted molar refractivity (Wildman–Crippen MR) is 62.3 cm³/mol. The molecule has 1 fully saturated rings. The van der Waals surface area contributed by atoms with E-state index in [1.165, 1.54) is 12.1 Å². The number of rotatable bonds is 4. The maximum Gasteiger partial charge on any atom is 0.332 e. The number of nitrogens with zero attached hydrogens (tertiary/aromatic N) is 1. The lowest BCUT2D eigenvalue weighted by Gasteiger charge is -2.04. The molecule has 0 aliphatic heterocycles. The highest BCUT2D eigenvalue weighted by Gasteiger charge is 2.53. The molecule has 19 heavy (non-hydrogen) atoms. The lowest BCUT2D eigenvalue weighted by atomic mass is 10.3. The van der Waals surface area contributed by atoms with Crippen molar-refractivity contribution in [1.82, 2.24) is 0 Å². The monoisotopic (exact) mass is 288 g/mol. The lowest BCUT2D eigenvalue weighted by Crippen LogP contribution is -2.18. The zero-order valence-electron chi connectivity index (χ0n) is 9.45. The molecule has 2 atom stereocenters. The van der Waals surface area contributed by atoms with Crippen LogP contribution >= 0.6 is 0 Å². The Morgan fingerprint density at radius 2 is 2.16 bits per heavy atom. The largest absolute Gasteiger partial charge is 0.332 e. The van der Waals surface area contributed by atoms with Gasteiger partial charge in [0.15, 0.2) is 0 Å². The molecule has 0 spiro atoms. The Morgan fingerprint density at radius 3 is 2.68 bits per heavy atom. The van der Waals surface area contributed by atoms with Crippen LogP contribution in [0.3, 0.4) is 0 Å². The number of amides is 1. The van der Waals surface area contributed by atoms with Gasteiger partial charge in [-0.2, -0.15) is 8.42 Å². The fourth-order valence-corrected chi connectivity index (χ4v) is 2.17. The summed E-state index contributed by atoms with van der Waals surface area (Å²) in [5, 5.41) is 12.7. The van der Waals surface area contributed by atoms with Crippen molar-refractivity contribution in [1.29, 1.82) is 0 Å². The molecule has 1 N–H and O–H groups in total. The molecule has 7 nitrogen and oxygen atoms in total. The predicted octanol–water partition coefficient (Wildman–Crippen LogP) is 0.949. The number of nitrogens with one attached hydrogen (secondary N) is 1. The number of hydrogen-bond donors (Lipinski definition) is 1. The first-order chi connectivity index (χ1) is 8.79. The van der Waals surface area contributed by atoms with Gasteiger partial charge in [0.1, 0.15) is 10.8 Å². The van der Waals surface area contributed by atoms with Crippen LogP contribution in [0, 0.1) is 16.0 Å². The van der Waals surface area contributed by atoms with Crippen LogP contribution in [0.15, 0.2) is 29.2 Å². The third-order valence-corrected chi connectivity index (χ3v) is 3.56. The number of anilines is 1. The molecule has 102 valence electrons. The quantitative estimate of drug-likeness (QED) is 0.504. The summed E-state index contributed by atoms with van der Waals surface area (Å²) in [6, 6.07) is 3.74. The van der Waals surface area contributed by atoms with E-state index in [0.29, 0.717) is 0 Å². The standard InChI is InChI=1S/C10H9FN2O5S/c11-19(17,18)7-3-1-2-6(4-7)12-10(14)8-5-9(8)13(15)16/h1-4,8-9H,5H2,(H,12,14)/t8-,9-/m1/s1. The zero-order valence-corrected chi connectivity index (χ0v) is 10.3. The van der Waals surface area contributed by atoms with Gasteiger partial charge in [0.25, 0.3) is 0 Å². The van der Waals surface area contributed by atoms with E-state index in [4.69, 9.17) is 0 Å². The van der Waals surface area contributed by atoms with Crippen LogP contribution in [0.2, 0.25) is 0 Å². The first kappa shape index (κ1) is 13.4. The maximum absolute atomic E-state index is 12.7. The van der Waals surface area contributed by atoms with Gasteiger partial charge in [-0.3, -0.25) is 14.9 Å². The summed E-state index contributed by atoms with van der Waals surface area (Å²) in [5.74, 6) is -1.30. The molecule has 9 heteroatoms. The Balaban J connectivity index is 2.09. The summed E-state index contributed by atoms with van der Waals surface area (Å²) in [5.41, 5.74) is 0.0812. The van der Waals surface area contributed by atoms with Crippen molar-refractivity contribution in [3.05, 3.63) is 34.4 Å². The van der Waals surface area contributed by atoms with Gasteiger partial charge in [0, 0.05) is 17.0 Å². The fraction of sp³-hybridized carbons (Fsp3) is 0.300. The van der Waals surface area contributed by atoms with Crippen molar-refractivity contribution in [3.63, 3.8) is 0 Å². The number of nitro groups is 1. The minimum atomic E-state index is -4.85. The topological polar surface area (TPSA) is 106 Å². The molecule has 0 aromatic heterocycles. The second kappa shape index (κ2) is 4.57. The summed E-state index contributed by atoms with van der Waals surface area (Å²) < 4.78 is 34.1. The molecule has 1 saturated carbocycles. The van der Waals surface area contributed by atoms with E-state index in [0.717, 1.165) is 12.1 Å². The molecule has 0 radical (unpaired) electrons. The first-order valence-corrected chi connectivity index (χ1v) is 6.66. The second-order valence-corrected chi connectivity index (χ2v) is 5.50. The van der Waals surface area contributed by atoms with Gasteiger partial charge in [0.05, 0.1) is 0 Å². The smallest absolute Gasteiger partial charge is 0.326 e. The molecule has 1 amide bonds. The molecular weight excluding hydrogens is 279 g/mol. The minimum Gasteiger partial charge on any atom is -0.326 e. The third-order valence-electron chi connectivity index (χ3n) is 2.75. The molecule has 0 heterocycles. The number of carbonyl (C=O) groups excluding carboxylic acids is 1. The van der Waals surface area contributed by atoms with Gasteiger partial charge in [-0.05, 0) is 18.2 Å². The highest BCUT2D eigenvalue weighted by Crippen LogP contribution is 2.34. The van der Waals surface area contributed by atoms with Crippen LogP contribution in [0.1, 0.15) is 6.42 Å². The SMILES string of the molecule is O=C(Nc1cccc(S(=O)(=O)F)c1)[C@@H]1C[C@H]1[N+](=O)[O-].